The Kier molecular flexibility index (Phi) is 4.78. The fraction of sp³-hybridized carbons (Fsp3) is 0.600. The van der Waals surface area contributed by atoms with Crippen LogP contribution >= 0.6 is 0 Å². The van der Waals surface area contributed by atoms with Crippen LogP contribution in [0.3, 0.4) is 0 Å². The fourth-order valence-electron chi connectivity index (χ4n) is 2.83. The second kappa shape index (κ2) is 6.23. The number of benzene rings is 1. The van der Waals surface area contributed by atoms with E-state index in [4.69, 9.17) is 5.73 Å². The number of aliphatic hydroxyl groups is 1. The highest BCUT2D eigenvalue weighted by Gasteiger charge is 2.34. The molecule has 1 aromatic rings. The minimum Gasteiger partial charge on any atom is -0.399 e. The topological polar surface area (TPSA) is 49.5 Å². The molecule has 0 aliphatic carbocycles. The Hall–Kier alpha value is -1.27. The molecular formula is C15H21F3N2O. The number of nitrogens with two attached hydrogens (primary N) is 1. The van der Waals surface area contributed by atoms with Gasteiger partial charge in [-0.15, -0.1) is 0 Å². The summed E-state index contributed by atoms with van der Waals surface area (Å²) in [6, 6.07) is 3.96. The third kappa shape index (κ3) is 4.11. The Morgan fingerprint density at radius 2 is 1.95 bits per heavy atom. The molecule has 2 rings (SSSR count). The number of rotatable bonds is 3. The lowest BCUT2D eigenvalue weighted by Crippen LogP contribution is -2.37. The quantitative estimate of drug-likeness (QED) is 0.844. The summed E-state index contributed by atoms with van der Waals surface area (Å²) in [7, 11) is 0. The molecular weight excluding hydrogens is 281 g/mol. The predicted molar refractivity (Wildman–Crippen MR) is 75.5 cm³/mol. The number of hydrogen-bond donors (Lipinski definition) is 2. The lowest BCUT2D eigenvalue weighted by atomic mass is 9.92. The van der Waals surface area contributed by atoms with Crippen molar-refractivity contribution in [2.45, 2.75) is 38.6 Å². The van der Waals surface area contributed by atoms with Gasteiger partial charge in [-0.2, -0.15) is 13.2 Å². The Morgan fingerprint density at radius 1 is 1.33 bits per heavy atom. The van der Waals surface area contributed by atoms with Gasteiger partial charge in [0, 0.05) is 12.2 Å². The number of nitrogen functional groups attached to an aromatic ring is 1. The molecule has 6 heteroatoms. The van der Waals surface area contributed by atoms with E-state index in [-0.39, 0.29) is 29.8 Å². The van der Waals surface area contributed by atoms with E-state index in [2.05, 4.69) is 0 Å². The molecule has 1 aliphatic rings. The molecule has 1 aliphatic heterocycles. The third-order valence-corrected chi connectivity index (χ3v) is 4.15. The van der Waals surface area contributed by atoms with Gasteiger partial charge in [-0.1, -0.05) is 6.07 Å². The van der Waals surface area contributed by atoms with Crippen molar-refractivity contribution in [1.82, 2.24) is 4.90 Å². The van der Waals surface area contributed by atoms with Crippen LogP contribution < -0.4 is 5.73 Å². The van der Waals surface area contributed by atoms with Crippen LogP contribution in [0.25, 0.3) is 0 Å². The number of halogens is 3. The summed E-state index contributed by atoms with van der Waals surface area (Å²) in [5.74, 6) is 0.245. The van der Waals surface area contributed by atoms with Crippen molar-refractivity contribution >= 4 is 5.69 Å². The lowest BCUT2D eigenvalue weighted by Gasteiger charge is -2.33. The van der Waals surface area contributed by atoms with E-state index >= 15 is 0 Å². The molecule has 0 aromatic heterocycles. The van der Waals surface area contributed by atoms with Gasteiger partial charge in [0.25, 0.3) is 0 Å². The van der Waals surface area contributed by atoms with E-state index in [9.17, 15) is 18.3 Å². The summed E-state index contributed by atoms with van der Waals surface area (Å²) in [5.41, 5.74) is 5.20. The smallest absolute Gasteiger partial charge is 0.399 e. The Balaban J connectivity index is 2.07. The van der Waals surface area contributed by atoms with Crippen molar-refractivity contribution in [1.29, 1.82) is 0 Å². The molecule has 0 saturated carbocycles. The molecule has 0 bridgehead atoms. The summed E-state index contributed by atoms with van der Waals surface area (Å²) in [4.78, 5) is 2.00. The van der Waals surface area contributed by atoms with E-state index in [0.717, 1.165) is 18.9 Å². The largest absolute Gasteiger partial charge is 0.416 e. The van der Waals surface area contributed by atoms with Gasteiger partial charge in [0.05, 0.1) is 11.7 Å². The van der Waals surface area contributed by atoms with Crippen LogP contribution in [0.5, 0.6) is 0 Å². The van der Waals surface area contributed by atoms with E-state index in [1.807, 2.05) is 4.90 Å². The van der Waals surface area contributed by atoms with Crippen LogP contribution in [0.1, 0.15) is 30.9 Å². The second-order valence-electron chi connectivity index (χ2n) is 5.77. The van der Waals surface area contributed by atoms with Crippen LogP contribution in [0, 0.1) is 5.92 Å². The van der Waals surface area contributed by atoms with Crippen molar-refractivity contribution in [3.63, 3.8) is 0 Å². The highest BCUT2D eigenvalue weighted by Crippen LogP contribution is 2.34. The average Bonchev–Trinajstić information content (AvgIpc) is 2.40. The van der Waals surface area contributed by atoms with Gasteiger partial charge in [-0.25, -0.2) is 0 Å². The summed E-state index contributed by atoms with van der Waals surface area (Å²) >= 11 is 0. The van der Waals surface area contributed by atoms with Gasteiger partial charge in [-0.05, 0) is 56.5 Å². The molecule has 0 radical (unpaired) electrons. The molecule has 1 fully saturated rings. The number of piperidine rings is 1. The predicted octanol–water partition coefficient (Wildman–Crippen LogP) is 2.88. The highest BCUT2D eigenvalue weighted by atomic mass is 19.4. The van der Waals surface area contributed by atoms with Crippen molar-refractivity contribution in [3.8, 4) is 0 Å². The number of anilines is 1. The summed E-state index contributed by atoms with van der Waals surface area (Å²) in [5, 5.41) is 9.55. The molecule has 1 unspecified atom stereocenters. The molecule has 0 spiro atoms. The minimum absolute atomic E-state index is 0.124. The van der Waals surface area contributed by atoms with E-state index in [0.29, 0.717) is 13.1 Å². The average molecular weight is 302 g/mol. The molecule has 3 N–H and O–H groups in total. The summed E-state index contributed by atoms with van der Waals surface area (Å²) in [6.07, 6.45) is -3.11. The Morgan fingerprint density at radius 3 is 2.48 bits per heavy atom. The number of aliphatic hydroxyl groups excluding tert-OH is 1. The maximum atomic E-state index is 13.0. The first-order valence-corrected chi connectivity index (χ1v) is 7.13. The molecule has 1 heterocycles. The maximum Gasteiger partial charge on any atom is 0.416 e. The molecule has 118 valence electrons. The van der Waals surface area contributed by atoms with Crippen LogP contribution in [-0.2, 0) is 12.7 Å². The van der Waals surface area contributed by atoms with Gasteiger partial charge in [-0.3, -0.25) is 4.90 Å². The zero-order chi connectivity index (χ0) is 15.6. The molecule has 0 amide bonds. The van der Waals surface area contributed by atoms with Gasteiger partial charge in [0.15, 0.2) is 0 Å². The monoisotopic (exact) mass is 302 g/mol. The zero-order valence-electron chi connectivity index (χ0n) is 12.0. The van der Waals surface area contributed by atoms with Crippen LogP contribution in [-0.4, -0.2) is 29.2 Å². The zero-order valence-corrected chi connectivity index (χ0v) is 12.0. The number of alkyl halides is 3. The standard InChI is InChI=1S/C15H21F3N2O/c1-10(21)11-4-6-20(7-5-11)9-12-2-3-13(19)8-14(12)15(16,17)18/h2-3,8,10-11,21H,4-7,9,19H2,1H3. The first-order valence-electron chi connectivity index (χ1n) is 7.13. The molecule has 3 nitrogen and oxygen atoms in total. The summed E-state index contributed by atoms with van der Waals surface area (Å²) in [6.45, 7) is 3.44. The normalized spacial score (nSPS) is 19.7. The molecule has 1 saturated heterocycles. The molecule has 21 heavy (non-hydrogen) atoms. The number of nitrogens with zero attached hydrogens (tertiary/aromatic N) is 1. The van der Waals surface area contributed by atoms with Gasteiger partial charge in [0.2, 0.25) is 0 Å². The third-order valence-electron chi connectivity index (χ3n) is 4.15. The Bertz CT molecular complexity index is 480. The van der Waals surface area contributed by atoms with Crippen LogP contribution in [0.2, 0.25) is 0 Å². The number of likely N-dealkylation sites (tertiary alicyclic amines) is 1. The molecule has 1 aromatic carbocycles. The van der Waals surface area contributed by atoms with Gasteiger partial charge >= 0.3 is 6.18 Å². The Labute approximate surface area is 122 Å². The lowest BCUT2D eigenvalue weighted by molar-refractivity contribution is -0.138. The second-order valence-corrected chi connectivity index (χ2v) is 5.77. The maximum absolute atomic E-state index is 13.0. The minimum atomic E-state index is -4.39. The van der Waals surface area contributed by atoms with Gasteiger partial charge < -0.3 is 10.8 Å². The van der Waals surface area contributed by atoms with Crippen molar-refractivity contribution < 1.29 is 18.3 Å². The van der Waals surface area contributed by atoms with Crippen molar-refractivity contribution in [3.05, 3.63) is 29.3 Å². The van der Waals surface area contributed by atoms with Crippen LogP contribution in [0.15, 0.2) is 18.2 Å². The SMILES string of the molecule is CC(O)C1CCN(Cc2ccc(N)cc2C(F)(F)F)CC1. The van der Waals surface area contributed by atoms with Crippen molar-refractivity contribution in [2.75, 3.05) is 18.8 Å². The van der Waals surface area contributed by atoms with Crippen LogP contribution in [0.4, 0.5) is 18.9 Å². The van der Waals surface area contributed by atoms with E-state index in [1.54, 1.807) is 6.92 Å². The first kappa shape index (κ1) is 16.1. The highest BCUT2D eigenvalue weighted by molar-refractivity contribution is 5.46. The van der Waals surface area contributed by atoms with E-state index in [1.165, 1.54) is 12.1 Å². The fourth-order valence-corrected chi connectivity index (χ4v) is 2.83. The van der Waals surface area contributed by atoms with E-state index < -0.39 is 11.7 Å². The molecule has 1 atom stereocenters. The summed E-state index contributed by atoms with van der Waals surface area (Å²) < 4.78 is 39.1. The van der Waals surface area contributed by atoms with Crippen molar-refractivity contribution in [2.24, 2.45) is 5.92 Å². The first-order chi connectivity index (χ1) is 9.77. The van der Waals surface area contributed by atoms with Gasteiger partial charge in [0.1, 0.15) is 0 Å². The number of hydrogen-bond acceptors (Lipinski definition) is 3.